The van der Waals surface area contributed by atoms with E-state index in [2.05, 4.69) is 9.97 Å². The third kappa shape index (κ3) is 3.83. The smallest absolute Gasteiger partial charge is 0.260 e. The van der Waals surface area contributed by atoms with Gasteiger partial charge in [-0.1, -0.05) is 12.1 Å². The monoisotopic (exact) mass is 274 g/mol. The molecule has 6 nitrogen and oxygen atoms in total. The van der Waals surface area contributed by atoms with Crippen molar-refractivity contribution in [2.75, 3.05) is 13.7 Å². The van der Waals surface area contributed by atoms with Gasteiger partial charge in [0.2, 0.25) is 0 Å². The molecule has 0 unspecified atom stereocenters. The third-order valence-corrected chi connectivity index (χ3v) is 2.89. The molecule has 2 rings (SSSR count). The fourth-order valence-electron chi connectivity index (χ4n) is 1.67. The van der Waals surface area contributed by atoms with Gasteiger partial charge in [-0.15, -0.1) is 0 Å². The Morgan fingerprint density at radius 3 is 2.75 bits per heavy atom. The summed E-state index contributed by atoms with van der Waals surface area (Å²) in [7, 11) is 1.71. The number of H-pyrrole nitrogens is 1. The molecule has 0 bridgehead atoms. The highest BCUT2D eigenvalue weighted by Gasteiger charge is 2.11. The van der Waals surface area contributed by atoms with Gasteiger partial charge in [0.1, 0.15) is 11.6 Å². The van der Waals surface area contributed by atoms with Gasteiger partial charge in [0, 0.05) is 26.0 Å². The Hall–Kier alpha value is -2.34. The number of nitrogens with two attached hydrogens (primary N) is 1. The van der Waals surface area contributed by atoms with Crippen molar-refractivity contribution in [2.45, 2.75) is 13.1 Å². The summed E-state index contributed by atoms with van der Waals surface area (Å²) in [6.07, 6.45) is 3.38. The van der Waals surface area contributed by atoms with Crippen molar-refractivity contribution in [1.82, 2.24) is 14.9 Å². The number of rotatable bonds is 6. The number of hydrogen-bond acceptors (Lipinski definition) is 4. The van der Waals surface area contributed by atoms with Gasteiger partial charge in [-0.3, -0.25) is 4.79 Å². The summed E-state index contributed by atoms with van der Waals surface area (Å²) >= 11 is 0. The maximum absolute atomic E-state index is 11.9. The van der Waals surface area contributed by atoms with Crippen molar-refractivity contribution >= 4 is 5.91 Å². The first-order chi connectivity index (χ1) is 9.69. The van der Waals surface area contributed by atoms with E-state index in [1.165, 1.54) is 0 Å². The van der Waals surface area contributed by atoms with Crippen molar-refractivity contribution in [2.24, 2.45) is 5.73 Å². The summed E-state index contributed by atoms with van der Waals surface area (Å²) in [5, 5.41) is 0. The fraction of sp³-hybridized carbons (Fsp3) is 0.286. The third-order valence-electron chi connectivity index (χ3n) is 2.89. The molecule has 106 valence electrons. The molecule has 1 aromatic heterocycles. The molecule has 6 heteroatoms. The molecular formula is C14H18N4O2. The van der Waals surface area contributed by atoms with Crippen LogP contribution in [-0.2, 0) is 17.9 Å². The van der Waals surface area contributed by atoms with Crippen LogP contribution in [0.4, 0.5) is 0 Å². The highest BCUT2D eigenvalue weighted by molar-refractivity contribution is 5.77. The van der Waals surface area contributed by atoms with E-state index in [9.17, 15) is 4.79 Å². The van der Waals surface area contributed by atoms with Crippen LogP contribution in [-0.4, -0.2) is 34.4 Å². The number of aromatic amines is 1. The molecule has 0 atom stereocenters. The van der Waals surface area contributed by atoms with Crippen LogP contribution in [0.15, 0.2) is 36.7 Å². The summed E-state index contributed by atoms with van der Waals surface area (Å²) in [6, 6.07) is 7.38. The number of imidazole rings is 1. The lowest BCUT2D eigenvalue weighted by atomic mass is 10.2. The van der Waals surface area contributed by atoms with E-state index in [1.807, 2.05) is 24.3 Å². The molecule has 20 heavy (non-hydrogen) atoms. The SMILES string of the molecule is CN(Cc1ncc[nH]1)C(=O)COc1ccc(CN)cc1. The molecule has 3 N–H and O–H groups in total. The number of hydrogen-bond donors (Lipinski definition) is 2. The number of likely N-dealkylation sites (N-methyl/N-ethyl adjacent to an activating group) is 1. The number of carbonyl (C=O) groups is 1. The zero-order valence-corrected chi connectivity index (χ0v) is 11.4. The number of nitrogens with one attached hydrogen (secondary N) is 1. The van der Waals surface area contributed by atoms with Crippen LogP contribution in [0.3, 0.4) is 0 Å². The Bertz CT molecular complexity index is 537. The fourth-order valence-corrected chi connectivity index (χ4v) is 1.67. The first-order valence-electron chi connectivity index (χ1n) is 6.33. The molecular weight excluding hydrogens is 256 g/mol. The lowest BCUT2D eigenvalue weighted by Gasteiger charge is -2.16. The lowest BCUT2D eigenvalue weighted by Crippen LogP contribution is -2.31. The van der Waals surface area contributed by atoms with Gasteiger partial charge in [0.25, 0.3) is 5.91 Å². The number of amides is 1. The van der Waals surface area contributed by atoms with Gasteiger partial charge in [-0.05, 0) is 17.7 Å². The normalized spacial score (nSPS) is 10.3. The highest BCUT2D eigenvalue weighted by Crippen LogP contribution is 2.11. The second-order valence-electron chi connectivity index (χ2n) is 4.42. The van der Waals surface area contributed by atoms with Crippen LogP contribution in [0.25, 0.3) is 0 Å². The molecule has 0 aliphatic carbocycles. The maximum Gasteiger partial charge on any atom is 0.260 e. The van der Waals surface area contributed by atoms with Crippen LogP contribution >= 0.6 is 0 Å². The first-order valence-corrected chi connectivity index (χ1v) is 6.33. The van der Waals surface area contributed by atoms with E-state index < -0.39 is 0 Å². The minimum Gasteiger partial charge on any atom is -0.484 e. The topological polar surface area (TPSA) is 84.2 Å². The molecule has 0 saturated carbocycles. The number of carbonyl (C=O) groups excluding carboxylic acids is 1. The van der Waals surface area contributed by atoms with Crippen molar-refractivity contribution in [3.05, 3.63) is 48.0 Å². The van der Waals surface area contributed by atoms with E-state index in [-0.39, 0.29) is 12.5 Å². The largest absolute Gasteiger partial charge is 0.484 e. The maximum atomic E-state index is 11.9. The predicted octanol–water partition coefficient (Wildman–Crippen LogP) is 0.906. The lowest BCUT2D eigenvalue weighted by molar-refractivity contribution is -0.132. The summed E-state index contributed by atoms with van der Waals surface area (Å²) in [5.74, 6) is 1.29. The number of ether oxygens (including phenoxy) is 1. The minimum absolute atomic E-state index is 0.000813. The van der Waals surface area contributed by atoms with Crippen molar-refractivity contribution < 1.29 is 9.53 Å². The molecule has 2 aromatic rings. The van der Waals surface area contributed by atoms with Crippen LogP contribution in [0, 0.1) is 0 Å². The van der Waals surface area contributed by atoms with Crippen molar-refractivity contribution in [3.8, 4) is 5.75 Å². The number of aromatic nitrogens is 2. The number of benzene rings is 1. The molecule has 1 amide bonds. The molecule has 0 saturated heterocycles. The minimum atomic E-state index is -0.107. The molecule has 0 aliphatic rings. The molecule has 0 fully saturated rings. The first kappa shape index (κ1) is 14.1. The van der Waals surface area contributed by atoms with E-state index in [0.717, 1.165) is 11.4 Å². The van der Waals surface area contributed by atoms with E-state index in [1.54, 1.807) is 24.3 Å². The van der Waals surface area contributed by atoms with Gasteiger partial charge in [-0.2, -0.15) is 0 Å². The Labute approximate surface area is 117 Å². The molecule has 1 aromatic carbocycles. The molecule has 0 aliphatic heterocycles. The molecule has 0 spiro atoms. The Morgan fingerprint density at radius 1 is 1.40 bits per heavy atom. The van der Waals surface area contributed by atoms with Crippen LogP contribution in [0.2, 0.25) is 0 Å². The van der Waals surface area contributed by atoms with E-state index in [4.69, 9.17) is 10.5 Å². The van der Waals surface area contributed by atoms with Crippen molar-refractivity contribution in [1.29, 1.82) is 0 Å². The second kappa shape index (κ2) is 6.72. The summed E-state index contributed by atoms with van der Waals surface area (Å²) < 4.78 is 5.44. The number of nitrogens with zero attached hydrogens (tertiary/aromatic N) is 2. The van der Waals surface area contributed by atoms with E-state index in [0.29, 0.717) is 18.8 Å². The van der Waals surface area contributed by atoms with Gasteiger partial charge in [-0.25, -0.2) is 4.98 Å². The van der Waals surface area contributed by atoms with Crippen LogP contribution < -0.4 is 10.5 Å². The highest BCUT2D eigenvalue weighted by atomic mass is 16.5. The van der Waals surface area contributed by atoms with Gasteiger partial charge >= 0.3 is 0 Å². The Kier molecular flexibility index (Phi) is 4.73. The van der Waals surface area contributed by atoms with Gasteiger partial charge in [0.15, 0.2) is 6.61 Å². The van der Waals surface area contributed by atoms with Gasteiger partial charge < -0.3 is 20.4 Å². The Balaban J connectivity index is 1.81. The van der Waals surface area contributed by atoms with E-state index >= 15 is 0 Å². The average Bonchev–Trinajstić information content (AvgIpc) is 2.98. The summed E-state index contributed by atoms with van der Waals surface area (Å²) in [4.78, 5) is 20.5. The Morgan fingerprint density at radius 2 is 2.15 bits per heavy atom. The quantitative estimate of drug-likeness (QED) is 0.820. The average molecular weight is 274 g/mol. The summed E-state index contributed by atoms with van der Waals surface area (Å²) in [6.45, 7) is 0.922. The molecule has 1 heterocycles. The van der Waals surface area contributed by atoms with Crippen molar-refractivity contribution in [3.63, 3.8) is 0 Å². The predicted molar refractivity (Wildman–Crippen MR) is 74.9 cm³/mol. The van der Waals surface area contributed by atoms with Gasteiger partial charge in [0.05, 0.1) is 6.54 Å². The zero-order valence-electron chi connectivity index (χ0n) is 11.4. The second-order valence-corrected chi connectivity index (χ2v) is 4.42. The summed E-state index contributed by atoms with van der Waals surface area (Å²) in [5.41, 5.74) is 6.54. The molecule has 0 radical (unpaired) electrons. The zero-order chi connectivity index (χ0) is 14.4. The van der Waals surface area contributed by atoms with Crippen LogP contribution in [0.5, 0.6) is 5.75 Å². The standard InChI is InChI=1S/C14H18N4O2/c1-18(9-13-16-6-7-17-13)14(19)10-20-12-4-2-11(8-15)3-5-12/h2-7H,8-10,15H2,1H3,(H,16,17). The van der Waals surface area contributed by atoms with Crippen LogP contribution in [0.1, 0.15) is 11.4 Å².